The lowest BCUT2D eigenvalue weighted by Crippen LogP contribution is -2.26. The summed E-state index contributed by atoms with van der Waals surface area (Å²) in [5, 5.41) is 3.61. The molecule has 0 heterocycles. The highest BCUT2D eigenvalue weighted by Crippen LogP contribution is 2.25. The molecular formula is C22H39N. The molecule has 0 aliphatic heterocycles. The van der Waals surface area contributed by atoms with Gasteiger partial charge in [0.25, 0.3) is 0 Å². The van der Waals surface area contributed by atoms with Gasteiger partial charge in [0.05, 0.1) is 0 Å². The van der Waals surface area contributed by atoms with E-state index in [4.69, 9.17) is 0 Å². The fourth-order valence-corrected chi connectivity index (χ4v) is 2.72. The minimum atomic E-state index is 0.604. The monoisotopic (exact) mass is 317 g/mol. The largest absolute Gasteiger partial charge is 0.316 e. The van der Waals surface area contributed by atoms with E-state index in [-0.39, 0.29) is 0 Å². The smallest absolute Gasteiger partial charge is 0.00146 e. The number of benzene rings is 1. The fourth-order valence-electron chi connectivity index (χ4n) is 2.72. The lowest BCUT2D eigenvalue weighted by molar-refractivity contribution is 0.459. The summed E-state index contributed by atoms with van der Waals surface area (Å²) >= 11 is 0. The molecule has 1 rings (SSSR count). The third-order valence-electron chi connectivity index (χ3n) is 3.83. The van der Waals surface area contributed by atoms with Crippen LogP contribution in [-0.4, -0.2) is 13.1 Å². The number of hydrogen-bond acceptors (Lipinski definition) is 1. The second-order valence-electron chi connectivity index (χ2n) is 7.10. The average molecular weight is 318 g/mol. The van der Waals surface area contributed by atoms with Gasteiger partial charge >= 0.3 is 0 Å². The zero-order chi connectivity index (χ0) is 17.8. The molecule has 0 aliphatic rings. The Morgan fingerprint density at radius 1 is 1.00 bits per heavy atom. The van der Waals surface area contributed by atoms with Crippen molar-refractivity contribution in [2.24, 2.45) is 11.8 Å². The summed E-state index contributed by atoms with van der Waals surface area (Å²) in [5.74, 6) is 1.93. The molecule has 0 saturated heterocycles. The Labute approximate surface area is 145 Å². The number of rotatable bonds is 8. The van der Waals surface area contributed by atoms with Gasteiger partial charge in [0, 0.05) is 6.54 Å². The summed E-state index contributed by atoms with van der Waals surface area (Å²) in [7, 11) is 0. The molecule has 0 amide bonds. The molecule has 23 heavy (non-hydrogen) atoms. The van der Waals surface area contributed by atoms with Gasteiger partial charge in [-0.05, 0) is 57.1 Å². The van der Waals surface area contributed by atoms with Gasteiger partial charge in [-0.25, -0.2) is 0 Å². The van der Waals surface area contributed by atoms with Crippen LogP contribution in [-0.2, 0) is 0 Å². The second-order valence-corrected chi connectivity index (χ2v) is 7.10. The van der Waals surface area contributed by atoms with Crippen LogP contribution in [0.5, 0.6) is 0 Å². The van der Waals surface area contributed by atoms with Crippen molar-refractivity contribution in [1.82, 2.24) is 5.32 Å². The van der Waals surface area contributed by atoms with E-state index >= 15 is 0 Å². The van der Waals surface area contributed by atoms with E-state index in [1.54, 1.807) is 0 Å². The van der Waals surface area contributed by atoms with Crippen LogP contribution in [0.3, 0.4) is 0 Å². The van der Waals surface area contributed by atoms with Crippen molar-refractivity contribution in [1.29, 1.82) is 0 Å². The zero-order valence-corrected chi connectivity index (χ0v) is 16.7. The topological polar surface area (TPSA) is 12.0 Å². The molecule has 0 saturated carbocycles. The maximum atomic E-state index is 3.61. The molecule has 1 N–H and O–H groups in total. The van der Waals surface area contributed by atoms with E-state index < -0.39 is 0 Å². The molecule has 0 spiro atoms. The van der Waals surface area contributed by atoms with E-state index in [9.17, 15) is 0 Å². The molecule has 0 fully saturated rings. The summed E-state index contributed by atoms with van der Waals surface area (Å²) in [5.41, 5.74) is 4.21. The molecule has 1 aromatic rings. The van der Waals surface area contributed by atoms with Gasteiger partial charge in [-0.2, -0.15) is 0 Å². The van der Waals surface area contributed by atoms with Crippen LogP contribution in [0.1, 0.15) is 71.9 Å². The van der Waals surface area contributed by atoms with E-state index in [1.807, 2.05) is 13.8 Å². The molecule has 2 atom stereocenters. The minimum Gasteiger partial charge on any atom is -0.316 e. The van der Waals surface area contributed by atoms with Gasteiger partial charge < -0.3 is 5.32 Å². The predicted molar refractivity (Wildman–Crippen MR) is 106 cm³/mol. The molecule has 1 nitrogen and oxygen atoms in total. The summed E-state index contributed by atoms with van der Waals surface area (Å²) in [4.78, 5) is 0. The number of nitrogens with one attached hydrogen (secondary N) is 1. The Morgan fingerprint density at radius 2 is 1.57 bits per heavy atom. The van der Waals surface area contributed by atoms with Crippen LogP contribution in [0.15, 0.2) is 35.9 Å². The van der Waals surface area contributed by atoms with E-state index in [1.165, 1.54) is 23.1 Å². The third-order valence-corrected chi connectivity index (χ3v) is 3.83. The van der Waals surface area contributed by atoms with Gasteiger partial charge in [-0.1, -0.05) is 76.1 Å². The first-order valence-corrected chi connectivity index (χ1v) is 9.30. The quantitative estimate of drug-likeness (QED) is 0.551. The summed E-state index contributed by atoms with van der Waals surface area (Å²) in [6.45, 7) is 19.6. The summed E-state index contributed by atoms with van der Waals surface area (Å²) in [6.07, 6.45) is 3.64. The van der Waals surface area contributed by atoms with Crippen molar-refractivity contribution in [3.05, 3.63) is 47.0 Å². The lowest BCUT2D eigenvalue weighted by atomic mass is 9.89. The van der Waals surface area contributed by atoms with Crippen molar-refractivity contribution >= 4 is 0 Å². The van der Waals surface area contributed by atoms with Crippen molar-refractivity contribution in [3.63, 3.8) is 0 Å². The standard InChI is InChI=1S/C20H33N.C2H6/c1-15(2)11-19(14-21-13-16(3)4)12-18(6)20-9-7-17(5)8-10-20;1-2/h7-11,16,18-19,21H,12-14H2,1-6H3;1-2H3/t18-,19?;/m0./s1. The summed E-state index contributed by atoms with van der Waals surface area (Å²) < 4.78 is 0. The summed E-state index contributed by atoms with van der Waals surface area (Å²) in [6, 6.07) is 9.00. The lowest BCUT2D eigenvalue weighted by Gasteiger charge is -2.20. The first-order valence-electron chi connectivity index (χ1n) is 9.30. The maximum absolute atomic E-state index is 3.61. The van der Waals surface area contributed by atoms with Gasteiger partial charge in [0.2, 0.25) is 0 Å². The molecule has 0 aromatic heterocycles. The maximum Gasteiger partial charge on any atom is 0.00146 e. The molecule has 0 radical (unpaired) electrons. The van der Waals surface area contributed by atoms with Gasteiger partial charge in [-0.3, -0.25) is 0 Å². The Bertz CT molecular complexity index is 424. The zero-order valence-electron chi connectivity index (χ0n) is 16.7. The molecule has 132 valence electrons. The Kier molecular flexibility index (Phi) is 11.8. The van der Waals surface area contributed by atoms with Crippen molar-refractivity contribution in [2.75, 3.05) is 13.1 Å². The molecule has 1 unspecified atom stereocenters. The first-order chi connectivity index (χ1) is 10.9. The highest BCUT2D eigenvalue weighted by Gasteiger charge is 2.13. The third kappa shape index (κ3) is 10.3. The van der Waals surface area contributed by atoms with Crippen molar-refractivity contribution < 1.29 is 0 Å². The van der Waals surface area contributed by atoms with Gasteiger partial charge in [-0.15, -0.1) is 0 Å². The second kappa shape index (κ2) is 12.4. The average Bonchev–Trinajstić information content (AvgIpc) is 2.48. The van der Waals surface area contributed by atoms with Crippen LogP contribution in [0.25, 0.3) is 0 Å². The van der Waals surface area contributed by atoms with Crippen molar-refractivity contribution in [2.45, 2.75) is 67.7 Å². The van der Waals surface area contributed by atoms with Crippen LogP contribution in [0, 0.1) is 18.8 Å². The van der Waals surface area contributed by atoms with Gasteiger partial charge in [0.1, 0.15) is 0 Å². The van der Waals surface area contributed by atoms with E-state index in [2.05, 4.69) is 77.2 Å². The van der Waals surface area contributed by atoms with E-state index in [0.717, 1.165) is 13.1 Å². The van der Waals surface area contributed by atoms with Crippen LogP contribution in [0.4, 0.5) is 0 Å². The first kappa shape index (κ1) is 21.9. The Balaban J connectivity index is 0.00000232. The molecular weight excluding hydrogens is 278 g/mol. The number of aryl methyl sites for hydroxylation is 1. The predicted octanol–water partition coefficient (Wildman–Crippen LogP) is 6.34. The molecule has 1 heteroatoms. The molecule has 0 bridgehead atoms. The van der Waals surface area contributed by atoms with Crippen molar-refractivity contribution in [3.8, 4) is 0 Å². The normalized spacial score (nSPS) is 13.1. The van der Waals surface area contributed by atoms with Crippen LogP contribution < -0.4 is 5.32 Å². The van der Waals surface area contributed by atoms with Crippen LogP contribution >= 0.6 is 0 Å². The Hall–Kier alpha value is -1.08. The Morgan fingerprint density at radius 3 is 2.04 bits per heavy atom. The minimum absolute atomic E-state index is 0.604. The van der Waals surface area contributed by atoms with Gasteiger partial charge in [0.15, 0.2) is 0 Å². The number of allylic oxidation sites excluding steroid dienone is 1. The highest BCUT2D eigenvalue weighted by molar-refractivity contribution is 5.24. The molecule has 0 aliphatic carbocycles. The fraction of sp³-hybridized carbons (Fsp3) is 0.636. The van der Waals surface area contributed by atoms with E-state index in [0.29, 0.717) is 17.8 Å². The van der Waals surface area contributed by atoms with Crippen LogP contribution in [0.2, 0.25) is 0 Å². The highest BCUT2D eigenvalue weighted by atomic mass is 14.9. The SMILES string of the molecule is CC.CC(C)=CC(CNCC(C)C)C[C@H](C)c1ccc(C)cc1. The number of hydrogen-bond donors (Lipinski definition) is 1. The molecule has 1 aromatic carbocycles.